The maximum absolute atomic E-state index is 11.0. The molecule has 0 saturated heterocycles. The molecule has 2 aromatic rings. The zero-order valence-electron chi connectivity index (χ0n) is 10.4. The molecule has 0 radical (unpaired) electrons. The number of nitrogens with one attached hydrogen (secondary N) is 1. The van der Waals surface area contributed by atoms with Gasteiger partial charge in [0.05, 0.1) is 10.9 Å². The second-order valence-corrected chi connectivity index (χ2v) is 5.64. The minimum Gasteiger partial charge on any atom is -0.733 e. The van der Waals surface area contributed by atoms with Crippen molar-refractivity contribution in [1.29, 1.82) is 5.41 Å². The fourth-order valence-corrected chi connectivity index (χ4v) is 3.44. The Balaban J connectivity index is 2.17. The van der Waals surface area contributed by atoms with E-state index in [1.165, 1.54) is 11.8 Å². The summed E-state index contributed by atoms with van der Waals surface area (Å²) in [5.74, 6) is 0. The Kier molecular flexibility index (Phi) is 3.13. The molecule has 1 aliphatic rings. The van der Waals surface area contributed by atoms with Gasteiger partial charge < -0.3 is 16.2 Å². The van der Waals surface area contributed by atoms with Gasteiger partial charge in [0.25, 0.3) is 0 Å². The summed E-state index contributed by atoms with van der Waals surface area (Å²) in [6, 6.07) is 12.8. The van der Waals surface area contributed by atoms with Crippen LogP contribution in [0.4, 0.5) is 5.69 Å². The van der Waals surface area contributed by atoms with Crippen molar-refractivity contribution in [3.8, 4) is 11.1 Å². The lowest BCUT2D eigenvalue weighted by Gasteiger charge is -2.22. The first-order valence-corrected chi connectivity index (χ1v) is 6.86. The van der Waals surface area contributed by atoms with E-state index >= 15 is 0 Å². The van der Waals surface area contributed by atoms with Gasteiger partial charge in [0.15, 0.2) is 5.17 Å². The van der Waals surface area contributed by atoms with Gasteiger partial charge in [0.1, 0.15) is 0 Å². The Hall–Kier alpha value is -2.02. The summed E-state index contributed by atoms with van der Waals surface area (Å²) in [6.07, 6.45) is 0. The van der Waals surface area contributed by atoms with Crippen LogP contribution in [0, 0.1) is 10.6 Å². The van der Waals surface area contributed by atoms with E-state index in [0.29, 0.717) is 0 Å². The van der Waals surface area contributed by atoms with E-state index in [2.05, 4.69) is 0 Å². The van der Waals surface area contributed by atoms with Gasteiger partial charge in [-0.05, 0) is 34.4 Å². The summed E-state index contributed by atoms with van der Waals surface area (Å²) in [7, 11) is 0. The molecule has 5 nitrogen and oxygen atoms in total. The molecule has 3 rings (SSSR count). The number of hydrogen-bond acceptors (Lipinski definition) is 5. The van der Waals surface area contributed by atoms with Crippen molar-refractivity contribution in [3.05, 3.63) is 58.8 Å². The molecule has 0 spiro atoms. The summed E-state index contributed by atoms with van der Waals surface area (Å²) < 4.78 is 0. The highest BCUT2D eigenvalue weighted by molar-refractivity contribution is 8.14. The first kappa shape index (κ1) is 13.0. The summed E-state index contributed by atoms with van der Waals surface area (Å²) in [6.45, 7) is 0. The van der Waals surface area contributed by atoms with E-state index in [0.717, 1.165) is 22.3 Å². The summed E-state index contributed by atoms with van der Waals surface area (Å²) in [5.41, 5.74) is 9.66. The molecule has 0 aromatic heterocycles. The fraction of sp³-hybridized carbons (Fsp3) is 0.0714. The molecular formula is C14H12N3O2S-. The normalized spacial score (nSPS) is 15.6. The van der Waals surface area contributed by atoms with Crippen LogP contribution in [0.1, 0.15) is 16.4 Å². The average Bonchev–Trinajstić information content (AvgIpc) is 2.73. The number of nitrogens with two attached hydrogens (primary N) is 1. The molecule has 0 amide bonds. The third-order valence-electron chi connectivity index (χ3n) is 3.32. The summed E-state index contributed by atoms with van der Waals surface area (Å²) in [4.78, 5) is 0. The van der Waals surface area contributed by atoms with Crippen molar-refractivity contribution in [1.82, 2.24) is 0 Å². The maximum atomic E-state index is 11.0. The second-order valence-electron chi connectivity index (χ2n) is 4.49. The van der Waals surface area contributed by atoms with Gasteiger partial charge in [-0.2, -0.15) is 0 Å². The maximum Gasteiger partial charge on any atom is 0.151 e. The zero-order chi connectivity index (χ0) is 14.3. The van der Waals surface area contributed by atoms with Crippen LogP contribution in [-0.4, -0.2) is 10.4 Å². The van der Waals surface area contributed by atoms with Crippen LogP contribution in [0.25, 0.3) is 11.1 Å². The van der Waals surface area contributed by atoms with E-state index < -0.39 is 0 Å². The van der Waals surface area contributed by atoms with Crippen LogP contribution < -0.4 is 11.0 Å². The summed E-state index contributed by atoms with van der Waals surface area (Å²) in [5, 5.41) is 27.4. The smallest absolute Gasteiger partial charge is 0.151 e. The molecule has 1 unspecified atom stereocenters. The lowest BCUT2D eigenvalue weighted by Crippen LogP contribution is -2.08. The molecule has 0 heterocycles. The van der Waals surface area contributed by atoms with Crippen LogP contribution in [0.5, 0.6) is 0 Å². The van der Waals surface area contributed by atoms with E-state index in [1.807, 2.05) is 24.3 Å². The quantitative estimate of drug-likeness (QED) is 0.448. The number of anilines is 1. The number of benzene rings is 2. The Labute approximate surface area is 120 Å². The zero-order valence-corrected chi connectivity index (χ0v) is 11.2. The van der Waals surface area contributed by atoms with Crippen molar-refractivity contribution in [2.45, 2.75) is 5.25 Å². The van der Waals surface area contributed by atoms with Gasteiger partial charge in [-0.1, -0.05) is 42.1 Å². The lowest BCUT2D eigenvalue weighted by molar-refractivity contribution is 0.296. The number of rotatable bonds is 2. The highest BCUT2D eigenvalue weighted by Crippen LogP contribution is 2.50. The fourth-order valence-electron chi connectivity index (χ4n) is 2.52. The van der Waals surface area contributed by atoms with E-state index in [4.69, 9.17) is 16.4 Å². The molecule has 6 heteroatoms. The van der Waals surface area contributed by atoms with Crippen molar-refractivity contribution < 1.29 is 5.21 Å². The molecule has 1 atom stereocenters. The van der Waals surface area contributed by atoms with Crippen LogP contribution >= 0.6 is 11.8 Å². The third kappa shape index (κ3) is 2.03. The van der Waals surface area contributed by atoms with Crippen LogP contribution in [-0.2, 0) is 0 Å². The van der Waals surface area contributed by atoms with Gasteiger partial charge in [0, 0.05) is 0 Å². The minimum atomic E-state index is -0.145. The van der Waals surface area contributed by atoms with Crippen LogP contribution in [0.15, 0.2) is 42.5 Å². The standard InChI is InChI=1S/C14H12N3O2S/c15-14(16)20-13-10-4-2-1-3-9(10)12-7-8(17(18)19)5-6-11(12)13/h1-7,13,18H,(H3,15,16)/q-1. The molecule has 20 heavy (non-hydrogen) atoms. The minimum absolute atomic E-state index is 0.0495. The first-order valence-electron chi connectivity index (χ1n) is 5.98. The van der Waals surface area contributed by atoms with E-state index in [1.54, 1.807) is 18.2 Å². The molecule has 0 saturated carbocycles. The molecule has 0 aliphatic heterocycles. The molecule has 4 N–H and O–H groups in total. The molecule has 102 valence electrons. The number of amidine groups is 1. The first-order chi connectivity index (χ1) is 9.58. The molecule has 2 aromatic carbocycles. The predicted molar refractivity (Wildman–Crippen MR) is 80.9 cm³/mol. The van der Waals surface area contributed by atoms with E-state index in [9.17, 15) is 5.21 Å². The Morgan fingerprint density at radius 2 is 1.90 bits per heavy atom. The molecule has 0 bridgehead atoms. The topological polar surface area (TPSA) is 96.4 Å². The van der Waals surface area contributed by atoms with Gasteiger partial charge in [-0.25, -0.2) is 0 Å². The van der Waals surface area contributed by atoms with Gasteiger partial charge >= 0.3 is 0 Å². The van der Waals surface area contributed by atoms with Crippen molar-refractivity contribution in [2.24, 2.45) is 5.73 Å². The number of thioether (sulfide) groups is 1. The van der Waals surface area contributed by atoms with Crippen molar-refractivity contribution in [3.63, 3.8) is 0 Å². The van der Waals surface area contributed by atoms with Gasteiger partial charge in [-0.3, -0.25) is 10.6 Å². The largest absolute Gasteiger partial charge is 0.733 e. The number of fused-ring (bicyclic) bond motifs is 3. The summed E-state index contributed by atoms with van der Waals surface area (Å²) >= 11 is 1.27. The van der Waals surface area contributed by atoms with Crippen LogP contribution in [0.2, 0.25) is 0 Å². The highest BCUT2D eigenvalue weighted by Gasteiger charge is 2.29. The Morgan fingerprint density at radius 1 is 1.20 bits per heavy atom. The Morgan fingerprint density at radius 3 is 2.60 bits per heavy atom. The van der Waals surface area contributed by atoms with Crippen LogP contribution in [0.3, 0.4) is 0 Å². The Bertz CT molecular complexity index is 688. The van der Waals surface area contributed by atoms with Gasteiger partial charge in [0.2, 0.25) is 0 Å². The molecule has 1 aliphatic carbocycles. The third-order valence-corrected chi connectivity index (χ3v) is 4.32. The van der Waals surface area contributed by atoms with E-state index in [-0.39, 0.29) is 21.3 Å². The average molecular weight is 286 g/mol. The van der Waals surface area contributed by atoms with Crippen molar-refractivity contribution >= 4 is 22.6 Å². The molecular weight excluding hydrogens is 274 g/mol. The van der Waals surface area contributed by atoms with Crippen molar-refractivity contribution in [2.75, 3.05) is 5.23 Å². The monoisotopic (exact) mass is 286 g/mol. The SMILES string of the molecule is N=C(N)SC1c2ccccc2-c2cc(N([O-])O)ccc21. The second kappa shape index (κ2) is 4.82. The predicted octanol–water partition coefficient (Wildman–Crippen LogP) is 3.08. The lowest BCUT2D eigenvalue weighted by atomic mass is 10.1. The number of hydrogen-bond donors (Lipinski definition) is 3. The molecule has 0 fully saturated rings. The van der Waals surface area contributed by atoms with Gasteiger partial charge in [-0.15, -0.1) is 0 Å². The highest BCUT2D eigenvalue weighted by atomic mass is 32.2. The number of nitrogens with zero attached hydrogens (tertiary/aromatic N) is 1.